The van der Waals surface area contributed by atoms with Gasteiger partial charge in [-0.15, -0.1) is 11.3 Å². The zero-order chi connectivity index (χ0) is 18.1. The number of fused-ring (bicyclic) bond motifs is 1. The normalized spacial score (nSPS) is 18.7. The van der Waals surface area contributed by atoms with E-state index >= 15 is 0 Å². The summed E-state index contributed by atoms with van der Waals surface area (Å²) in [6, 6.07) is 16.8. The van der Waals surface area contributed by atoms with E-state index in [1.807, 2.05) is 42.5 Å². The summed E-state index contributed by atoms with van der Waals surface area (Å²) in [6.07, 6.45) is 0.334. The molecule has 0 unspecified atom stereocenters. The van der Waals surface area contributed by atoms with Crippen molar-refractivity contribution in [3.05, 3.63) is 71.2 Å². The molecule has 1 aliphatic rings. The van der Waals surface area contributed by atoms with E-state index in [0.717, 1.165) is 11.1 Å². The maximum Gasteiger partial charge on any atom is 0.339 e. The van der Waals surface area contributed by atoms with Crippen LogP contribution in [0.4, 0.5) is 5.00 Å². The number of hydrogen-bond donors (Lipinski definition) is 1. The minimum absolute atomic E-state index is 0.334. The van der Waals surface area contributed by atoms with Gasteiger partial charge in [-0.1, -0.05) is 48.5 Å². The summed E-state index contributed by atoms with van der Waals surface area (Å²) >= 11 is 1.34. The molecule has 1 N–H and O–H groups in total. The third-order valence-electron chi connectivity index (χ3n) is 4.41. The van der Waals surface area contributed by atoms with Gasteiger partial charge in [0.25, 0.3) is 5.91 Å². The van der Waals surface area contributed by atoms with Gasteiger partial charge in [-0.2, -0.15) is 0 Å². The van der Waals surface area contributed by atoms with Gasteiger partial charge in [-0.05, 0) is 18.6 Å². The molecule has 0 radical (unpaired) electrons. The molecule has 130 valence electrons. The first kappa shape index (κ1) is 16.5. The van der Waals surface area contributed by atoms with Gasteiger partial charge in [0.15, 0.2) is 5.60 Å². The van der Waals surface area contributed by atoms with E-state index in [1.54, 1.807) is 24.6 Å². The van der Waals surface area contributed by atoms with Gasteiger partial charge >= 0.3 is 5.97 Å². The molecule has 0 bridgehead atoms. The maximum atomic E-state index is 12.9. The summed E-state index contributed by atoms with van der Waals surface area (Å²) < 4.78 is 5.49. The van der Waals surface area contributed by atoms with Gasteiger partial charge in [0, 0.05) is 12.0 Å². The van der Waals surface area contributed by atoms with Crippen LogP contribution in [0.5, 0.6) is 0 Å². The molecule has 1 aromatic heterocycles. The Labute approximate surface area is 154 Å². The fourth-order valence-electron chi connectivity index (χ4n) is 3.03. The van der Waals surface area contributed by atoms with E-state index in [9.17, 15) is 9.59 Å². The van der Waals surface area contributed by atoms with Crippen LogP contribution in [0.15, 0.2) is 60.1 Å². The van der Waals surface area contributed by atoms with Gasteiger partial charge in [0.1, 0.15) is 10.7 Å². The van der Waals surface area contributed by atoms with Crippen LogP contribution in [0.1, 0.15) is 22.8 Å². The number of esters is 1. The van der Waals surface area contributed by atoms with Crippen molar-refractivity contribution in [1.82, 2.24) is 4.98 Å². The standard InChI is InChI=1S/C20H16N2O3S/c1-20(11-14-9-5-6-10-15(14)18(23)25-20)19(24)22-17-16(21-12-26-17)13-7-3-2-4-8-13/h2-10,12H,11H2,1H3,(H,22,24)/t20-/m1/s1. The Hall–Kier alpha value is -2.99. The minimum atomic E-state index is -1.26. The molecule has 1 atom stereocenters. The predicted molar refractivity (Wildman–Crippen MR) is 100 cm³/mol. The quantitative estimate of drug-likeness (QED) is 0.715. The second-order valence-electron chi connectivity index (χ2n) is 6.30. The second kappa shape index (κ2) is 6.38. The lowest BCUT2D eigenvalue weighted by Crippen LogP contribution is -2.48. The van der Waals surface area contributed by atoms with Crippen LogP contribution in [0.2, 0.25) is 0 Å². The molecular weight excluding hydrogens is 348 g/mol. The molecule has 0 spiro atoms. The van der Waals surface area contributed by atoms with Crippen molar-refractivity contribution in [2.45, 2.75) is 18.9 Å². The van der Waals surface area contributed by atoms with Crippen molar-refractivity contribution < 1.29 is 14.3 Å². The lowest BCUT2D eigenvalue weighted by Gasteiger charge is -2.32. The fraction of sp³-hybridized carbons (Fsp3) is 0.150. The van der Waals surface area contributed by atoms with Gasteiger partial charge in [-0.25, -0.2) is 9.78 Å². The van der Waals surface area contributed by atoms with Gasteiger partial charge in [0.2, 0.25) is 0 Å². The summed E-state index contributed by atoms with van der Waals surface area (Å²) in [5.74, 6) is -0.834. The van der Waals surface area contributed by atoms with Gasteiger partial charge < -0.3 is 10.1 Å². The number of cyclic esters (lactones) is 1. The second-order valence-corrected chi connectivity index (χ2v) is 7.16. The first-order valence-electron chi connectivity index (χ1n) is 8.18. The molecule has 0 fully saturated rings. The molecular formula is C20H16N2O3S. The molecule has 0 aliphatic carbocycles. The molecule has 0 saturated heterocycles. The number of carbonyl (C=O) groups excluding carboxylic acids is 2. The first-order chi connectivity index (χ1) is 12.6. The zero-order valence-corrected chi connectivity index (χ0v) is 14.9. The molecule has 5 nitrogen and oxygen atoms in total. The summed E-state index contributed by atoms with van der Waals surface area (Å²) in [7, 11) is 0. The van der Waals surface area contributed by atoms with E-state index in [-0.39, 0.29) is 5.91 Å². The van der Waals surface area contributed by atoms with Crippen molar-refractivity contribution in [1.29, 1.82) is 0 Å². The van der Waals surface area contributed by atoms with E-state index in [1.165, 1.54) is 11.3 Å². The van der Waals surface area contributed by atoms with E-state index in [2.05, 4.69) is 10.3 Å². The number of ether oxygens (including phenoxy) is 1. The number of hydrogen-bond acceptors (Lipinski definition) is 5. The van der Waals surface area contributed by atoms with Crippen LogP contribution in [-0.2, 0) is 16.0 Å². The van der Waals surface area contributed by atoms with Gasteiger partial charge in [0.05, 0.1) is 11.1 Å². The van der Waals surface area contributed by atoms with Crippen LogP contribution in [-0.4, -0.2) is 22.5 Å². The Balaban J connectivity index is 1.60. The highest BCUT2D eigenvalue weighted by atomic mass is 32.1. The highest BCUT2D eigenvalue weighted by molar-refractivity contribution is 7.14. The monoisotopic (exact) mass is 364 g/mol. The minimum Gasteiger partial charge on any atom is -0.445 e. The zero-order valence-electron chi connectivity index (χ0n) is 14.1. The number of thiazole rings is 1. The van der Waals surface area contributed by atoms with Crippen molar-refractivity contribution in [2.75, 3.05) is 5.32 Å². The van der Waals surface area contributed by atoms with Crippen molar-refractivity contribution >= 4 is 28.2 Å². The Morgan fingerprint density at radius 1 is 1.15 bits per heavy atom. The van der Waals surface area contributed by atoms with E-state index in [4.69, 9.17) is 4.74 Å². The van der Waals surface area contributed by atoms with E-state index < -0.39 is 11.6 Å². The number of aromatic nitrogens is 1. The molecule has 6 heteroatoms. The molecule has 2 heterocycles. The highest BCUT2D eigenvalue weighted by Gasteiger charge is 2.43. The number of rotatable bonds is 3. The smallest absolute Gasteiger partial charge is 0.339 e. The Morgan fingerprint density at radius 2 is 1.88 bits per heavy atom. The van der Waals surface area contributed by atoms with Crippen LogP contribution in [0.25, 0.3) is 11.3 Å². The largest absolute Gasteiger partial charge is 0.445 e. The third kappa shape index (κ3) is 2.88. The number of carbonyl (C=O) groups is 2. The number of nitrogens with zero attached hydrogens (tertiary/aromatic N) is 1. The van der Waals surface area contributed by atoms with Crippen molar-refractivity contribution in [3.63, 3.8) is 0 Å². The van der Waals surface area contributed by atoms with Gasteiger partial charge in [-0.3, -0.25) is 4.79 Å². The van der Waals surface area contributed by atoms with E-state index in [0.29, 0.717) is 22.7 Å². The SMILES string of the molecule is C[C@]1(C(=O)Nc2scnc2-c2ccccc2)Cc2ccccc2C(=O)O1. The molecule has 1 aliphatic heterocycles. The molecule has 0 saturated carbocycles. The van der Waals surface area contributed by atoms with Crippen molar-refractivity contribution in [3.8, 4) is 11.3 Å². The molecule has 26 heavy (non-hydrogen) atoms. The van der Waals surface area contributed by atoms with Crippen LogP contribution in [0, 0.1) is 0 Å². The molecule has 1 amide bonds. The average Bonchev–Trinajstić information content (AvgIpc) is 3.10. The molecule has 4 rings (SSSR count). The first-order valence-corrected chi connectivity index (χ1v) is 9.06. The summed E-state index contributed by atoms with van der Waals surface area (Å²) in [6.45, 7) is 1.64. The Bertz CT molecular complexity index is 983. The van der Waals surface area contributed by atoms with Crippen LogP contribution in [0.3, 0.4) is 0 Å². The number of amides is 1. The summed E-state index contributed by atoms with van der Waals surface area (Å²) in [4.78, 5) is 29.6. The Kier molecular flexibility index (Phi) is 4.05. The third-order valence-corrected chi connectivity index (χ3v) is 5.15. The molecule has 2 aromatic carbocycles. The van der Waals surface area contributed by atoms with Crippen LogP contribution < -0.4 is 5.32 Å². The maximum absolute atomic E-state index is 12.9. The summed E-state index contributed by atoms with van der Waals surface area (Å²) in [5, 5.41) is 3.53. The average molecular weight is 364 g/mol. The number of anilines is 1. The topological polar surface area (TPSA) is 68.3 Å². The van der Waals surface area contributed by atoms with Crippen molar-refractivity contribution in [2.24, 2.45) is 0 Å². The predicted octanol–water partition coefficient (Wildman–Crippen LogP) is 3.92. The lowest BCUT2D eigenvalue weighted by molar-refractivity contribution is -0.134. The molecule has 3 aromatic rings. The number of nitrogens with one attached hydrogen (secondary N) is 1. The fourth-order valence-corrected chi connectivity index (χ4v) is 3.73. The lowest BCUT2D eigenvalue weighted by atomic mass is 9.89. The Morgan fingerprint density at radius 3 is 2.69 bits per heavy atom. The summed E-state index contributed by atoms with van der Waals surface area (Å²) in [5.41, 5.74) is 3.37. The highest BCUT2D eigenvalue weighted by Crippen LogP contribution is 2.33. The van der Waals surface area contributed by atoms with Crippen LogP contribution >= 0.6 is 11.3 Å². The number of benzene rings is 2.